The van der Waals surface area contributed by atoms with Gasteiger partial charge in [0.25, 0.3) is 0 Å². The highest BCUT2D eigenvalue weighted by molar-refractivity contribution is 7.98. The number of nitrogens with zero attached hydrogens (tertiary/aromatic N) is 2. The van der Waals surface area contributed by atoms with Crippen LogP contribution in [0, 0.1) is 11.7 Å². The standard InChI is InChI=1S/C12H12N2S2/c1-9-3-5-10(6-4-9)14-8-7-11(16-2)13-12(14)15/h3-8H,1-2H3. The van der Waals surface area contributed by atoms with Crippen molar-refractivity contribution >= 4 is 24.0 Å². The fourth-order valence-corrected chi connectivity index (χ4v) is 2.10. The minimum atomic E-state index is 0.593. The van der Waals surface area contributed by atoms with Gasteiger partial charge in [-0.2, -0.15) is 0 Å². The summed E-state index contributed by atoms with van der Waals surface area (Å²) in [6.45, 7) is 2.07. The van der Waals surface area contributed by atoms with E-state index in [-0.39, 0.29) is 0 Å². The SMILES string of the molecule is CSc1ccn(-c2ccc(C)cc2)c(=S)n1. The molecule has 2 nitrogen and oxygen atoms in total. The predicted octanol–water partition coefficient (Wildman–Crippen LogP) is 3.63. The molecule has 0 saturated carbocycles. The smallest absolute Gasteiger partial charge is 0.205 e. The molecule has 2 aromatic rings. The fourth-order valence-electron chi connectivity index (χ4n) is 1.40. The van der Waals surface area contributed by atoms with Crippen LogP contribution < -0.4 is 0 Å². The molecule has 1 heterocycles. The quantitative estimate of drug-likeness (QED) is 0.459. The van der Waals surface area contributed by atoms with E-state index in [1.165, 1.54) is 5.56 Å². The lowest BCUT2D eigenvalue weighted by Gasteiger charge is -2.07. The summed E-state index contributed by atoms with van der Waals surface area (Å²) in [5.41, 5.74) is 2.29. The Kier molecular flexibility index (Phi) is 3.41. The fraction of sp³-hybridized carbons (Fsp3) is 0.167. The Labute approximate surface area is 104 Å². The zero-order valence-electron chi connectivity index (χ0n) is 9.18. The molecule has 0 N–H and O–H groups in total. The molecule has 0 bridgehead atoms. The van der Waals surface area contributed by atoms with Crippen molar-refractivity contribution in [2.45, 2.75) is 11.9 Å². The number of hydrogen-bond acceptors (Lipinski definition) is 3. The van der Waals surface area contributed by atoms with Crippen LogP contribution in [-0.4, -0.2) is 15.8 Å². The summed E-state index contributed by atoms with van der Waals surface area (Å²) in [6.07, 6.45) is 3.96. The number of aromatic nitrogens is 2. The normalized spacial score (nSPS) is 10.4. The minimum Gasteiger partial charge on any atom is -0.293 e. The second-order valence-electron chi connectivity index (χ2n) is 3.46. The minimum absolute atomic E-state index is 0.593. The van der Waals surface area contributed by atoms with Crippen LogP contribution in [0.2, 0.25) is 0 Å². The van der Waals surface area contributed by atoms with E-state index in [1.807, 2.05) is 35.2 Å². The maximum absolute atomic E-state index is 5.26. The van der Waals surface area contributed by atoms with E-state index in [4.69, 9.17) is 12.2 Å². The molecule has 0 fully saturated rings. The summed E-state index contributed by atoms with van der Waals surface area (Å²) in [5, 5.41) is 0.952. The van der Waals surface area contributed by atoms with Crippen LogP contribution in [0.5, 0.6) is 0 Å². The molecular formula is C12H12N2S2. The Hall–Kier alpha value is -1.13. The number of thioether (sulfide) groups is 1. The van der Waals surface area contributed by atoms with Gasteiger partial charge < -0.3 is 0 Å². The monoisotopic (exact) mass is 248 g/mol. The van der Waals surface area contributed by atoms with Crippen LogP contribution in [0.1, 0.15) is 5.56 Å². The highest BCUT2D eigenvalue weighted by Crippen LogP contribution is 2.14. The van der Waals surface area contributed by atoms with Gasteiger partial charge >= 0.3 is 0 Å². The van der Waals surface area contributed by atoms with E-state index in [0.29, 0.717) is 4.77 Å². The molecule has 0 aliphatic heterocycles. The van der Waals surface area contributed by atoms with Crippen LogP contribution in [0.4, 0.5) is 0 Å². The second-order valence-corrected chi connectivity index (χ2v) is 4.65. The second kappa shape index (κ2) is 4.80. The highest BCUT2D eigenvalue weighted by Gasteiger charge is 1.98. The number of benzene rings is 1. The topological polar surface area (TPSA) is 17.8 Å². The molecule has 0 radical (unpaired) electrons. The van der Waals surface area contributed by atoms with Crippen molar-refractivity contribution in [1.82, 2.24) is 9.55 Å². The summed E-state index contributed by atoms with van der Waals surface area (Å²) in [6, 6.07) is 10.2. The van der Waals surface area contributed by atoms with Gasteiger partial charge in [-0.15, -0.1) is 11.8 Å². The van der Waals surface area contributed by atoms with E-state index in [0.717, 1.165) is 10.7 Å². The molecule has 4 heteroatoms. The molecule has 0 amide bonds. The summed E-state index contributed by atoms with van der Waals surface area (Å²) in [7, 11) is 0. The van der Waals surface area contributed by atoms with Gasteiger partial charge in [-0.1, -0.05) is 17.7 Å². The van der Waals surface area contributed by atoms with E-state index in [9.17, 15) is 0 Å². The van der Waals surface area contributed by atoms with Crippen molar-refractivity contribution in [2.75, 3.05) is 6.26 Å². The van der Waals surface area contributed by atoms with Crippen LogP contribution in [0.15, 0.2) is 41.6 Å². The molecule has 0 aliphatic carbocycles. The van der Waals surface area contributed by atoms with Crippen molar-refractivity contribution in [2.24, 2.45) is 0 Å². The van der Waals surface area contributed by atoms with Crippen molar-refractivity contribution in [3.05, 3.63) is 46.9 Å². The van der Waals surface area contributed by atoms with Crippen molar-refractivity contribution < 1.29 is 0 Å². The Morgan fingerprint density at radius 2 is 1.88 bits per heavy atom. The van der Waals surface area contributed by atoms with Gasteiger partial charge in [-0.25, -0.2) is 4.98 Å². The first kappa shape index (κ1) is 11.4. The third-order valence-corrected chi connectivity index (χ3v) is 3.23. The Morgan fingerprint density at radius 3 is 2.44 bits per heavy atom. The molecule has 0 saturated heterocycles. The third kappa shape index (κ3) is 2.33. The highest BCUT2D eigenvalue weighted by atomic mass is 32.2. The summed E-state index contributed by atoms with van der Waals surface area (Å²) >= 11 is 6.86. The van der Waals surface area contributed by atoms with E-state index in [2.05, 4.69) is 24.0 Å². The molecular weight excluding hydrogens is 236 g/mol. The predicted molar refractivity (Wildman–Crippen MR) is 70.9 cm³/mol. The largest absolute Gasteiger partial charge is 0.293 e. The Morgan fingerprint density at radius 1 is 1.19 bits per heavy atom. The van der Waals surface area contributed by atoms with Gasteiger partial charge in [0.15, 0.2) is 0 Å². The van der Waals surface area contributed by atoms with Crippen molar-refractivity contribution in [3.63, 3.8) is 0 Å². The van der Waals surface area contributed by atoms with Gasteiger partial charge in [0, 0.05) is 11.9 Å². The third-order valence-electron chi connectivity index (χ3n) is 2.30. The maximum Gasteiger partial charge on any atom is 0.205 e. The summed E-state index contributed by atoms with van der Waals surface area (Å²) < 4.78 is 2.50. The molecule has 1 aromatic carbocycles. The lowest BCUT2D eigenvalue weighted by molar-refractivity contribution is 0.906. The zero-order chi connectivity index (χ0) is 11.5. The molecule has 0 spiro atoms. The van der Waals surface area contributed by atoms with Crippen LogP contribution >= 0.6 is 24.0 Å². The van der Waals surface area contributed by atoms with E-state index in [1.54, 1.807) is 11.8 Å². The molecule has 0 unspecified atom stereocenters. The van der Waals surface area contributed by atoms with Gasteiger partial charge in [-0.05, 0) is 43.6 Å². The number of hydrogen-bond donors (Lipinski definition) is 0. The molecule has 2 rings (SSSR count). The van der Waals surface area contributed by atoms with Crippen molar-refractivity contribution in [1.29, 1.82) is 0 Å². The lowest BCUT2D eigenvalue weighted by Crippen LogP contribution is -1.99. The molecule has 82 valence electrons. The molecule has 0 atom stereocenters. The van der Waals surface area contributed by atoms with Crippen molar-refractivity contribution in [3.8, 4) is 5.69 Å². The van der Waals surface area contributed by atoms with Crippen LogP contribution in [-0.2, 0) is 0 Å². The van der Waals surface area contributed by atoms with Crippen LogP contribution in [0.25, 0.3) is 5.69 Å². The first-order valence-electron chi connectivity index (χ1n) is 4.91. The average molecular weight is 248 g/mol. The average Bonchev–Trinajstić information content (AvgIpc) is 2.30. The molecule has 16 heavy (non-hydrogen) atoms. The zero-order valence-corrected chi connectivity index (χ0v) is 10.8. The lowest BCUT2D eigenvalue weighted by atomic mass is 10.2. The maximum atomic E-state index is 5.26. The molecule has 1 aromatic heterocycles. The first-order valence-corrected chi connectivity index (χ1v) is 6.55. The Balaban J connectivity index is 2.48. The van der Waals surface area contributed by atoms with E-state index < -0.39 is 0 Å². The number of rotatable bonds is 2. The van der Waals surface area contributed by atoms with Gasteiger partial charge in [0.1, 0.15) is 5.03 Å². The first-order chi connectivity index (χ1) is 7.70. The molecule has 0 aliphatic rings. The van der Waals surface area contributed by atoms with Gasteiger partial charge in [0.05, 0.1) is 0 Å². The number of aryl methyl sites for hydroxylation is 1. The summed E-state index contributed by atoms with van der Waals surface area (Å²) in [5.74, 6) is 0. The Bertz CT molecular complexity index is 544. The van der Waals surface area contributed by atoms with Gasteiger partial charge in [0.2, 0.25) is 4.77 Å². The summed E-state index contributed by atoms with van der Waals surface area (Å²) in [4.78, 5) is 4.33. The van der Waals surface area contributed by atoms with Crippen LogP contribution in [0.3, 0.4) is 0 Å². The van der Waals surface area contributed by atoms with Gasteiger partial charge in [-0.3, -0.25) is 4.57 Å². The van der Waals surface area contributed by atoms with E-state index >= 15 is 0 Å².